The smallest absolute Gasteiger partial charge is 0.273 e. The highest BCUT2D eigenvalue weighted by Gasteiger charge is 2.56. The minimum absolute atomic E-state index is 0.0297. The number of imide groups is 1. The average molecular weight is 663 g/mol. The Balaban J connectivity index is 1.80. The summed E-state index contributed by atoms with van der Waals surface area (Å²) in [4.78, 5) is 54.6. The number of nitrogens with zero attached hydrogens (tertiary/aromatic N) is 2. The number of benzene rings is 2. The van der Waals surface area contributed by atoms with Gasteiger partial charge in [0.15, 0.2) is 5.78 Å². The molecule has 3 amide bonds. The van der Waals surface area contributed by atoms with Crippen molar-refractivity contribution in [3.8, 4) is 0 Å². The first-order chi connectivity index (χ1) is 17.1. The zero-order valence-corrected chi connectivity index (χ0v) is 23.4. The number of hydrazine groups is 1. The molecule has 1 saturated heterocycles. The van der Waals surface area contributed by atoms with Crippen LogP contribution in [0.3, 0.4) is 0 Å². The average Bonchev–Trinajstić information content (AvgIpc) is 3.08. The molecule has 2 aromatic carbocycles. The topological polar surface area (TPSA) is 74.8 Å². The number of carbonyl (C=O) groups excluding carboxylic acids is 4. The summed E-state index contributed by atoms with van der Waals surface area (Å²) in [7, 11) is 0. The van der Waals surface area contributed by atoms with Crippen LogP contribution < -0.4 is 0 Å². The molecule has 1 aliphatic carbocycles. The molecule has 190 valence electrons. The lowest BCUT2D eigenvalue weighted by Crippen LogP contribution is -2.57. The van der Waals surface area contributed by atoms with Crippen LogP contribution in [0.5, 0.6) is 0 Å². The van der Waals surface area contributed by atoms with Gasteiger partial charge in [0.25, 0.3) is 17.7 Å². The molecule has 0 radical (unpaired) electrons. The van der Waals surface area contributed by atoms with Crippen molar-refractivity contribution in [3.05, 3.63) is 70.5 Å². The van der Waals surface area contributed by atoms with E-state index < -0.39 is 47.2 Å². The maximum atomic E-state index is 13.8. The van der Waals surface area contributed by atoms with Crippen LogP contribution in [0.15, 0.2) is 48.5 Å². The predicted octanol–water partition coefficient (Wildman–Crippen LogP) is 5.64. The molecule has 1 heterocycles. The van der Waals surface area contributed by atoms with E-state index >= 15 is 0 Å². The Kier molecular flexibility index (Phi) is 8.54. The molecule has 36 heavy (non-hydrogen) atoms. The second-order valence-corrected chi connectivity index (χ2v) is 11.9. The molecule has 0 aromatic heterocycles. The van der Waals surface area contributed by atoms with E-state index in [0.29, 0.717) is 17.9 Å². The van der Waals surface area contributed by atoms with E-state index in [4.69, 9.17) is 23.2 Å². The maximum absolute atomic E-state index is 13.8. The highest BCUT2D eigenvalue weighted by atomic mass is 79.9. The van der Waals surface area contributed by atoms with Gasteiger partial charge >= 0.3 is 0 Å². The molecule has 2 fully saturated rings. The Morgan fingerprint density at radius 1 is 0.944 bits per heavy atom. The standard InChI is InChI=1S/C25H21Br2Cl2FN2O4/c26-19-11-17-18(12-20(19)27)25(36)32(24(17)35)31(23(34)14-1-5-15(29)6-2-14)21(9-10-28)22(33)13-3-7-16(30)8-4-13/h1-8,17-21H,9-12H2/t17-,18-,19+,20+,21+/m1/s1. The van der Waals surface area contributed by atoms with Gasteiger partial charge in [-0.15, -0.1) is 11.6 Å². The summed E-state index contributed by atoms with van der Waals surface area (Å²) >= 11 is 19.1. The summed E-state index contributed by atoms with van der Waals surface area (Å²) in [5.41, 5.74) is 0.260. The largest absolute Gasteiger partial charge is 0.292 e. The number of Topliss-reactive ketones (excluding diaryl/α,β-unsaturated/α-hetero) is 1. The van der Waals surface area contributed by atoms with Gasteiger partial charge in [-0.2, -0.15) is 5.01 Å². The Labute approximate surface area is 234 Å². The fourth-order valence-electron chi connectivity index (χ4n) is 4.66. The molecule has 2 aliphatic rings. The van der Waals surface area contributed by atoms with Gasteiger partial charge in [0.1, 0.15) is 11.9 Å². The molecule has 0 N–H and O–H groups in total. The molecular weight excluding hydrogens is 642 g/mol. The van der Waals surface area contributed by atoms with E-state index in [2.05, 4.69) is 31.9 Å². The fraction of sp³-hybridized carbons (Fsp3) is 0.360. The van der Waals surface area contributed by atoms with Crippen molar-refractivity contribution >= 4 is 78.6 Å². The van der Waals surface area contributed by atoms with Crippen LogP contribution in [0.1, 0.15) is 40.0 Å². The van der Waals surface area contributed by atoms with Crippen LogP contribution in [-0.4, -0.2) is 55.1 Å². The molecule has 1 aliphatic heterocycles. The molecule has 0 unspecified atom stereocenters. The van der Waals surface area contributed by atoms with Gasteiger partial charge in [-0.05, 0) is 67.8 Å². The van der Waals surface area contributed by atoms with Crippen molar-refractivity contribution in [2.45, 2.75) is 35.0 Å². The highest BCUT2D eigenvalue weighted by Crippen LogP contribution is 2.44. The van der Waals surface area contributed by atoms with Crippen LogP contribution in [-0.2, 0) is 9.59 Å². The minimum Gasteiger partial charge on any atom is -0.292 e. The Morgan fingerprint density at radius 3 is 1.94 bits per heavy atom. The van der Waals surface area contributed by atoms with E-state index in [0.717, 1.165) is 22.2 Å². The molecule has 4 rings (SSSR count). The summed E-state index contributed by atoms with van der Waals surface area (Å²) in [6.45, 7) is 0. The summed E-state index contributed by atoms with van der Waals surface area (Å²) in [6, 6.07) is 9.49. The second-order valence-electron chi connectivity index (χ2n) is 8.73. The Bertz CT molecular complexity index is 1150. The van der Waals surface area contributed by atoms with Gasteiger partial charge in [0, 0.05) is 31.7 Å². The Morgan fingerprint density at radius 2 is 1.44 bits per heavy atom. The molecule has 11 heteroatoms. The third-order valence-electron chi connectivity index (χ3n) is 6.51. The molecule has 1 saturated carbocycles. The lowest BCUT2D eigenvalue weighted by molar-refractivity contribution is -0.156. The normalized spacial score (nSPS) is 24.4. The van der Waals surface area contributed by atoms with Gasteiger partial charge in [-0.25, -0.2) is 9.40 Å². The van der Waals surface area contributed by atoms with Crippen molar-refractivity contribution in [1.29, 1.82) is 0 Å². The summed E-state index contributed by atoms with van der Waals surface area (Å²) in [5.74, 6) is -4.18. The predicted molar refractivity (Wildman–Crippen MR) is 141 cm³/mol. The number of hydrogen-bond donors (Lipinski definition) is 0. The molecular formula is C25H21Br2Cl2FN2O4. The van der Waals surface area contributed by atoms with Crippen molar-refractivity contribution in [2.75, 3.05) is 5.88 Å². The number of halogens is 5. The highest BCUT2D eigenvalue weighted by molar-refractivity contribution is 9.12. The van der Waals surface area contributed by atoms with Crippen molar-refractivity contribution in [2.24, 2.45) is 11.8 Å². The monoisotopic (exact) mass is 660 g/mol. The SMILES string of the molecule is O=C(c1ccc(F)cc1)[C@H](CCCl)N(C(=O)c1ccc(Cl)cc1)N1C(=O)[C@@H]2C[C@H](Br)[C@@H](Br)C[C@H]2C1=O. The number of rotatable bonds is 7. The van der Waals surface area contributed by atoms with E-state index in [9.17, 15) is 23.6 Å². The lowest BCUT2D eigenvalue weighted by atomic mass is 9.81. The summed E-state index contributed by atoms with van der Waals surface area (Å²) < 4.78 is 13.5. The minimum atomic E-state index is -1.27. The first-order valence-electron chi connectivity index (χ1n) is 11.2. The van der Waals surface area contributed by atoms with Crippen LogP contribution in [0.25, 0.3) is 0 Å². The van der Waals surface area contributed by atoms with Crippen LogP contribution >= 0.6 is 55.1 Å². The summed E-state index contributed by atoms with van der Waals surface area (Å²) in [6.07, 6.45) is 0.763. The quantitative estimate of drug-likeness (QED) is 0.219. The van der Waals surface area contributed by atoms with E-state index in [1.807, 2.05) is 0 Å². The van der Waals surface area contributed by atoms with Gasteiger partial charge < -0.3 is 0 Å². The third-order valence-corrected chi connectivity index (χ3v) is 9.72. The van der Waals surface area contributed by atoms with Crippen LogP contribution in [0, 0.1) is 17.7 Å². The third kappa shape index (κ3) is 5.26. The van der Waals surface area contributed by atoms with Crippen molar-refractivity contribution in [1.82, 2.24) is 10.0 Å². The van der Waals surface area contributed by atoms with Gasteiger partial charge in [-0.3, -0.25) is 19.2 Å². The van der Waals surface area contributed by atoms with Gasteiger partial charge in [0.05, 0.1) is 11.8 Å². The van der Waals surface area contributed by atoms with Gasteiger partial charge in [0.2, 0.25) is 0 Å². The second kappa shape index (κ2) is 11.3. The zero-order valence-electron chi connectivity index (χ0n) is 18.8. The molecule has 6 nitrogen and oxygen atoms in total. The number of alkyl halides is 3. The van der Waals surface area contributed by atoms with Crippen LogP contribution in [0.2, 0.25) is 5.02 Å². The molecule has 2 aromatic rings. The number of fused-ring (bicyclic) bond motifs is 1. The lowest BCUT2D eigenvalue weighted by Gasteiger charge is -2.36. The summed E-state index contributed by atoms with van der Waals surface area (Å²) in [5, 5.41) is 2.16. The van der Waals surface area contributed by atoms with E-state index in [1.165, 1.54) is 36.4 Å². The van der Waals surface area contributed by atoms with Crippen LogP contribution in [0.4, 0.5) is 4.39 Å². The molecule has 0 bridgehead atoms. The van der Waals surface area contributed by atoms with Gasteiger partial charge in [-0.1, -0.05) is 43.5 Å². The number of ketones is 1. The number of hydrogen-bond acceptors (Lipinski definition) is 4. The first kappa shape index (κ1) is 27.2. The Hall–Kier alpha value is -1.81. The zero-order chi connectivity index (χ0) is 26.1. The number of amides is 3. The van der Waals surface area contributed by atoms with Crippen molar-refractivity contribution in [3.63, 3.8) is 0 Å². The first-order valence-corrected chi connectivity index (χ1v) is 14.0. The van der Waals surface area contributed by atoms with E-state index in [-0.39, 0.29) is 33.1 Å². The fourth-order valence-corrected chi connectivity index (χ4v) is 6.23. The maximum Gasteiger partial charge on any atom is 0.273 e. The number of carbonyl (C=O) groups is 4. The van der Waals surface area contributed by atoms with E-state index in [1.54, 1.807) is 0 Å². The van der Waals surface area contributed by atoms with Crippen molar-refractivity contribution < 1.29 is 23.6 Å². The molecule has 0 spiro atoms. The molecule has 5 atom stereocenters.